The van der Waals surface area contributed by atoms with Crippen molar-refractivity contribution in [1.29, 1.82) is 0 Å². The van der Waals surface area contributed by atoms with Gasteiger partial charge in [0.05, 0.1) is 19.8 Å². The standard InChI is InChI=1S/C30H24ClF4N5O4/c1-15-12-20(40(13-16-4-8-18(43-2)9-5-16)14-17-6-10-19(44-3)11-7-17)36-25(22(15)30(33,34)35)26-23(32)24-21(27(31)37-26)28(41)39-29(42)38-24/h4-12H,13-14H2,1-3H3,(H2,38,39,41,42). The molecule has 0 saturated heterocycles. The van der Waals surface area contributed by atoms with Crippen LogP contribution in [-0.4, -0.2) is 44.4 Å². The maximum Gasteiger partial charge on any atom is 0.418 e. The highest BCUT2D eigenvalue weighted by atomic mass is 35.5. The Balaban J connectivity index is 1.71. The van der Waals surface area contributed by atoms with Crippen LogP contribution >= 0.6 is 11.6 Å². The molecule has 5 aromatic rings. The first-order chi connectivity index (χ1) is 20.9. The van der Waals surface area contributed by atoms with Gasteiger partial charge in [0.1, 0.15) is 44.8 Å². The molecule has 3 heterocycles. The number of nitrogens with zero attached hydrogens (tertiary/aromatic N) is 5. The molecule has 14 heteroatoms. The number of aromatic nitrogens is 4. The number of alkyl halides is 3. The highest BCUT2D eigenvalue weighted by molar-refractivity contribution is 6.34. The maximum absolute atomic E-state index is 15.9. The molecular formula is C30H24ClF4N5O4. The van der Waals surface area contributed by atoms with Crippen molar-refractivity contribution in [3.05, 3.63) is 87.8 Å². The van der Waals surface area contributed by atoms with Crippen molar-refractivity contribution < 1.29 is 37.2 Å². The minimum Gasteiger partial charge on any atom is -0.497 e. The molecule has 0 fully saturated rings. The van der Waals surface area contributed by atoms with E-state index >= 15 is 4.39 Å². The summed E-state index contributed by atoms with van der Waals surface area (Å²) in [4.78, 5) is 16.7. The molecule has 0 radical (unpaired) electrons. The third-order valence-electron chi connectivity index (χ3n) is 6.81. The predicted octanol–water partition coefficient (Wildman–Crippen LogP) is 6.84. The fraction of sp³-hybridized carbons (Fsp3) is 0.200. The van der Waals surface area contributed by atoms with E-state index in [2.05, 4.69) is 19.9 Å². The molecule has 3 aromatic heterocycles. The minimum absolute atomic E-state index is 0.0861. The number of benzene rings is 2. The second-order valence-corrected chi connectivity index (χ2v) is 10.1. The molecule has 228 valence electrons. The van der Waals surface area contributed by atoms with E-state index in [4.69, 9.17) is 21.1 Å². The van der Waals surface area contributed by atoms with Gasteiger partial charge in [-0.15, -0.1) is 0 Å². The summed E-state index contributed by atoms with van der Waals surface area (Å²) in [5.41, 5.74) is -2.35. The number of pyridine rings is 2. The van der Waals surface area contributed by atoms with Crippen LogP contribution in [0.15, 0.2) is 54.6 Å². The molecule has 0 amide bonds. The fourth-order valence-corrected chi connectivity index (χ4v) is 4.98. The number of ether oxygens (including phenoxy) is 2. The third kappa shape index (κ3) is 6.09. The summed E-state index contributed by atoms with van der Waals surface area (Å²) < 4.78 is 69.8. The number of rotatable bonds is 8. The summed E-state index contributed by atoms with van der Waals surface area (Å²) in [6.45, 7) is 1.64. The lowest BCUT2D eigenvalue weighted by molar-refractivity contribution is -0.137. The van der Waals surface area contributed by atoms with Gasteiger partial charge in [-0.05, 0) is 53.9 Å². The van der Waals surface area contributed by atoms with Gasteiger partial charge in [-0.3, -0.25) is 0 Å². The highest BCUT2D eigenvalue weighted by Crippen LogP contribution is 2.42. The number of hydrogen-bond donors (Lipinski definition) is 2. The molecule has 0 spiro atoms. The molecule has 0 unspecified atom stereocenters. The van der Waals surface area contributed by atoms with Crippen LogP contribution in [0.4, 0.5) is 23.4 Å². The fourth-order valence-electron chi connectivity index (χ4n) is 4.73. The SMILES string of the molecule is COc1ccc(CN(Cc2ccc(OC)cc2)c2cc(C)c(C(F)(F)F)c(-c3nc(Cl)c4c(O)nc(O)nc4c3F)n2)cc1. The summed E-state index contributed by atoms with van der Waals surface area (Å²) in [7, 11) is 3.06. The first kappa shape index (κ1) is 30.5. The Morgan fingerprint density at radius 3 is 1.86 bits per heavy atom. The van der Waals surface area contributed by atoms with E-state index in [1.54, 1.807) is 53.4 Å². The van der Waals surface area contributed by atoms with Crippen molar-refractivity contribution >= 4 is 28.3 Å². The van der Waals surface area contributed by atoms with Crippen molar-refractivity contribution in [2.24, 2.45) is 0 Å². The largest absolute Gasteiger partial charge is 0.497 e. The van der Waals surface area contributed by atoms with E-state index in [0.717, 1.165) is 11.1 Å². The van der Waals surface area contributed by atoms with Crippen LogP contribution in [0.3, 0.4) is 0 Å². The van der Waals surface area contributed by atoms with Gasteiger partial charge >= 0.3 is 12.2 Å². The van der Waals surface area contributed by atoms with E-state index in [-0.39, 0.29) is 24.5 Å². The Morgan fingerprint density at radius 2 is 1.36 bits per heavy atom. The number of aryl methyl sites for hydroxylation is 1. The zero-order valence-electron chi connectivity index (χ0n) is 23.4. The van der Waals surface area contributed by atoms with E-state index in [1.165, 1.54) is 27.2 Å². The van der Waals surface area contributed by atoms with Crippen LogP contribution in [0.1, 0.15) is 22.3 Å². The summed E-state index contributed by atoms with van der Waals surface area (Å²) in [5, 5.41) is 18.8. The van der Waals surface area contributed by atoms with Crippen LogP contribution in [0.2, 0.25) is 5.15 Å². The number of fused-ring (bicyclic) bond motifs is 1. The highest BCUT2D eigenvalue weighted by Gasteiger charge is 2.39. The smallest absolute Gasteiger partial charge is 0.418 e. The Kier molecular flexibility index (Phi) is 8.33. The van der Waals surface area contributed by atoms with E-state index in [9.17, 15) is 23.4 Å². The molecule has 0 aliphatic carbocycles. The van der Waals surface area contributed by atoms with Crippen LogP contribution in [0, 0.1) is 12.7 Å². The Labute approximate surface area is 253 Å². The minimum atomic E-state index is -4.97. The Hall–Kier alpha value is -4.91. The summed E-state index contributed by atoms with van der Waals surface area (Å²) in [6.07, 6.45) is -4.97. The van der Waals surface area contributed by atoms with Crippen molar-refractivity contribution in [1.82, 2.24) is 19.9 Å². The van der Waals surface area contributed by atoms with Gasteiger partial charge in [0.15, 0.2) is 5.82 Å². The molecular weight excluding hydrogens is 606 g/mol. The lowest BCUT2D eigenvalue weighted by Crippen LogP contribution is -2.24. The van der Waals surface area contributed by atoms with Crippen molar-refractivity contribution in [2.45, 2.75) is 26.2 Å². The summed E-state index contributed by atoms with van der Waals surface area (Å²) in [5.74, 6) is -0.949. The quantitative estimate of drug-likeness (QED) is 0.141. The molecule has 0 saturated carbocycles. The summed E-state index contributed by atoms with van der Waals surface area (Å²) >= 11 is 6.18. The van der Waals surface area contributed by atoms with Gasteiger partial charge in [-0.25, -0.2) is 14.4 Å². The number of methoxy groups -OCH3 is 2. The number of aromatic hydroxyl groups is 2. The monoisotopic (exact) mass is 629 g/mol. The van der Waals surface area contributed by atoms with Crippen molar-refractivity contribution in [3.8, 4) is 34.8 Å². The van der Waals surface area contributed by atoms with Crippen LogP contribution < -0.4 is 14.4 Å². The number of hydrogen-bond acceptors (Lipinski definition) is 9. The first-order valence-electron chi connectivity index (χ1n) is 12.9. The number of halogens is 5. The molecule has 2 N–H and O–H groups in total. The molecule has 0 atom stereocenters. The van der Waals surface area contributed by atoms with Gasteiger partial charge < -0.3 is 24.6 Å². The van der Waals surface area contributed by atoms with Crippen LogP contribution in [0.5, 0.6) is 23.4 Å². The van der Waals surface area contributed by atoms with Crippen LogP contribution in [0.25, 0.3) is 22.3 Å². The Morgan fingerprint density at radius 1 is 0.818 bits per heavy atom. The third-order valence-corrected chi connectivity index (χ3v) is 7.08. The Bertz CT molecular complexity index is 1790. The van der Waals surface area contributed by atoms with Gasteiger partial charge in [-0.2, -0.15) is 23.1 Å². The van der Waals surface area contributed by atoms with Gasteiger partial charge in [-0.1, -0.05) is 35.9 Å². The molecule has 5 rings (SSSR count). The van der Waals surface area contributed by atoms with Crippen molar-refractivity contribution in [3.63, 3.8) is 0 Å². The molecule has 44 heavy (non-hydrogen) atoms. The summed E-state index contributed by atoms with van der Waals surface area (Å²) in [6, 6.07) is 14.5. The predicted molar refractivity (Wildman–Crippen MR) is 154 cm³/mol. The average Bonchev–Trinajstić information content (AvgIpc) is 2.98. The number of anilines is 1. The lowest BCUT2D eigenvalue weighted by atomic mass is 10.0. The van der Waals surface area contributed by atoms with Gasteiger partial charge in [0.25, 0.3) is 0 Å². The van der Waals surface area contributed by atoms with E-state index in [1.807, 2.05) is 0 Å². The zero-order chi connectivity index (χ0) is 31.8. The average molecular weight is 630 g/mol. The van der Waals surface area contributed by atoms with Crippen LogP contribution in [-0.2, 0) is 19.3 Å². The van der Waals surface area contributed by atoms with Gasteiger partial charge in [0, 0.05) is 13.1 Å². The topological polar surface area (TPSA) is 114 Å². The first-order valence-corrected chi connectivity index (χ1v) is 13.3. The molecule has 0 aliphatic rings. The van der Waals surface area contributed by atoms with Crippen molar-refractivity contribution in [2.75, 3.05) is 19.1 Å². The second-order valence-electron chi connectivity index (χ2n) is 9.71. The molecule has 9 nitrogen and oxygen atoms in total. The van der Waals surface area contributed by atoms with E-state index in [0.29, 0.717) is 11.5 Å². The zero-order valence-corrected chi connectivity index (χ0v) is 24.2. The maximum atomic E-state index is 15.9. The van der Waals surface area contributed by atoms with E-state index < -0.39 is 56.9 Å². The normalized spacial score (nSPS) is 11.5. The molecule has 2 aromatic carbocycles. The molecule has 0 bridgehead atoms. The van der Waals surface area contributed by atoms with Gasteiger partial charge in [0.2, 0.25) is 5.88 Å². The lowest BCUT2D eigenvalue weighted by Gasteiger charge is -2.27. The second kappa shape index (κ2) is 12.0. The molecule has 0 aliphatic heterocycles.